The zero-order valence-corrected chi connectivity index (χ0v) is 14.5. The molecule has 1 aromatic rings. The van der Waals surface area contributed by atoms with Crippen molar-refractivity contribution in [2.24, 2.45) is 0 Å². The minimum absolute atomic E-state index is 0.348. The molecule has 0 saturated carbocycles. The van der Waals surface area contributed by atoms with Gasteiger partial charge >= 0.3 is 5.37 Å². The maximum Gasteiger partial charge on any atom is 0.355 e. The van der Waals surface area contributed by atoms with Crippen LogP contribution in [0.1, 0.15) is 5.56 Å². The molecule has 0 bridgehead atoms. The summed E-state index contributed by atoms with van der Waals surface area (Å²) in [6.07, 6.45) is 8.53. The number of ether oxygens (including phenoxy) is 2. The summed E-state index contributed by atoms with van der Waals surface area (Å²) in [5, 5.41) is -2.37. The molecule has 0 N–H and O–H groups in total. The maximum absolute atomic E-state index is 13.3. The average Bonchev–Trinajstić information content (AvgIpc) is 2.59. The summed E-state index contributed by atoms with van der Waals surface area (Å²) >= 11 is 1.69. The van der Waals surface area contributed by atoms with Crippen molar-refractivity contribution in [1.29, 1.82) is 0 Å². The Morgan fingerprint density at radius 3 is 2.38 bits per heavy atom. The van der Waals surface area contributed by atoms with Crippen LogP contribution in [0.25, 0.3) is 6.08 Å². The van der Waals surface area contributed by atoms with Gasteiger partial charge in [0.15, 0.2) is 6.29 Å². The molecule has 1 fully saturated rings. The van der Waals surface area contributed by atoms with Gasteiger partial charge in [0, 0.05) is 0 Å². The van der Waals surface area contributed by atoms with Crippen LogP contribution < -0.4 is 0 Å². The Morgan fingerprint density at radius 2 is 1.83 bits per heavy atom. The summed E-state index contributed by atoms with van der Waals surface area (Å²) in [4.78, 5) is -0.539. The lowest BCUT2D eigenvalue weighted by molar-refractivity contribution is -0.146. The zero-order chi connectivity index (χ0) is 17.6. The first-order valence-corrected chi connectivity index (χ1v) is 9.81. The van der Waals surface area contributed by atoms with Crippen molar-refractivity contribution in [2.75, 3.05) is 19.5 Å². The third kappa shape index (κ3) is 5.14. The van der Waals surface area contributed by atoms with Crippen molar-refractivity contribution in [3.63, 3.8) is 0 Å². The van der Waals surface area contributed by atoms with Crippen LogP contribution in [0.5, 0.6) is 0 Å². The molecule has 2 rings (SSSR count). The van der Waals surface area contributed by atoms with Crippen LogP contribution in [-0.2, 0) is 19.4 Å². The Hall–Kier alpha value is -1.22. The fourth-order valence-corrected chi connectivity index (χ4v) is 3.01. The molecule has 1 heterocycles. The molecule has 0 amide bonds. The number of hydrogen-bond acceptors (Lipinski definition) is 4. The minimum Gasteiger partial charge on any atom is -0.348 e. The highest BCUT2D eigenvalue weighted by atomic mass is 32.2. The van der Waals surface area contributed by atoms with Gasteiger partial charge in [0.1, 0.15) is 0 Å². The largest absolute Gasteiger partial charge is 0.355 e. The van der Waals surface area contributed by atoms with E-state index in [4.69, 9.17) is 9.47 Å². The summed E-state index contributed by atoms with van der Waals surface area (Å²) in [5.74, 6) is 0. The van der Waals surface area contributed by atoms with Crippen LogP contribution in [0.2, 0.25) is 0 Å². The molecule has 1 atom stereocenters. The fraction of sp³-hybridized carbons (Fsp3) is 0.312. The van der Waals surface area contributed by atoms with E-state index in [9.17, 15) is 16.9 Å². The van der Waals surface area contributed by atoms with Gasteiger partial charge in [-0.05, 0) is 30.0 Å². The van der Waals surface area contributed by atoms with E-state index in [-0.39, 0.29) is 6.29 Å². The smallest absolute Gasteiger partial charge is 0.348 e. The second kappa shape index (κ2) is 8.75. The van der Waals surface area contributed by atoms with Crippen molar-refractivity contribution in [2.45, 2.75) is 16.4 Å². The molecule has 8 heteroatoms. The standard InChI is InChI=1S/C16H17F3O3S2/c1-23-13-10-21-15(22-11-13)5-3-2-4-12-6-8-14(9-7-12)24(19,20)16(17)18/h2-9,13,15H,10-11H2,1H3. The van der Waals surface area contributed by atoms with E-state index in [0.29, 0.717) is 24.0 Å². The normalized spacial score (nSPS) is 24.3. The third-order valence-corrected chi connectivity index (χ3v) is 5.49. The van der Waals surface area contributed by atoms with Crippen molar-refractivity contribution in [1.82, 2.24) is 0 Å². The first-order valence-electron chi connectivity index (χ1n) is 7.06. The highest BCUT2D eigenvalue weighted by molar-refractivity contribution is 7.99. The Balaban J connectivity index is 1.92. The summed E-state index contributed by atoms with van der Waals surface area (Å²) < 4.78 is 60.1. The van der Waals surface area contributed by atoms with Gasteiger partial charge in [-0.1, -0.05) is 30.4 Å². The predicted octanol–water partition coefficient (Wildman–Crippen LogP) is 3.91. The molecular weight excluding hydrogens is 361 g/mol. The van der Waals surface area contributed by atoms with Gasteiger partial charge in [-0.15, -0.1) is 3.89 Å². The monoisotopic (exact) mass is 378 g/mol. The van der Waals surface area contributed by atoms with Gasteiger partial charge in [0.25, 0.3) is 0 Å². The molecule has 0 spiro atoms. The minimum atomic E-state index is -4.88. The van der Waals surface area contributed by atoms with E-state index in [0.717, 1.165) is 12.1 Å². The molecule has 24 heavy (non-hydrogen) atoms. The van der Waals surface area contributed by atoms with Crippen LogP contribution in [0.4, 0.5) is 12.7 Å². The first kappa shape index (κ1) is 19.1. The molecule has 0 aliphatic carbocycles. The Labute approximate surface area is 143 Å². The van der Waals surface area contributed by atoms with E-state index in [2.05, 4.69) is 0 Å². The van der Waals surface area contributed by atoms with Crippen LogP contribution in [0.3, 0.4) is 0 Å². The average molecular weight is 378 g/mol. The van der Waals surface area contributed by atoms with Crippen molar-refractivity contribution in [3.8, 4) is 0 Å². The number of thioether (sulfide) groups is 1. The van der Waals surface area contributed by atoms with Gasteiger partial charge in [0.2, 0.25) is 9.91 Å². The topological polar surface area (TPSA) is 35.5 Å². The molecule has 0 aromatic heterocycles. The first-order chi connectivity index (χ1) is 11.4. The van der Waals surface area contributed by atoms with Crippen molar-refractivity contribution in [3.05, 3.63) is 48.1 Å². The third-order valence-electron chi connectivity index (χ3n) is 3.28. The quantitative estimate of drug-likeness (QED) is 0.442. The summed E-state index contributed by atoms with van der Waals surface area (Å²) in [6, 6.07) is 5.00. The van der Waals surface area contributed by atoms with Crippen LogP contribution >= 0.6 is 11.8 Å². The van der Waals surface area contributed by atoms with Gasteiger partial charge in [-0.25, -0.2) is 4.21 Å². The fourth-order valence-electron chi connectivity index (χ4n) is 1.91. The Bertz CT molecular complexity index is 711. The van der Waals surface area contributed by atoms with Crippen LogP contribution in [0, 0.1) is 0 Å². The summed E-state index contributed by atoms with van der Waals surface area (Å²) in [7, 11) is -4.88. The lowest BCUT2D eigenvalue weighted by atomic mass is 10.2. The maximum atomic E-state index is 13.3. The number of hydrogen-bond donors (Lipinski definition) is 0. The van der Waals surface area contributed by atoms with Gasteiger partial charge in [0.05, 0.1) is 23.4 Å². The molecule has 3 nitrogen and oxygen atoms in total. The van der Waals surface area contributed by atoms with E-state index in [1.807, 2.05) is 6.26 Å². The molecule has 0 radical (unpaired) electrons. The van der Waals surface area contributed by atoms with E-state index in [1.165, 1.54) is 12.1 Å². The number of rotatable bonds is 5. The second-order valence-corrected chi connectivity index (χ2v) is 7.81. The Morgan fingerprint density at radius 1 is 1.21 bits per heavy atom. The SMILES string of the molecule is CSC1COC(C=CC=Cc2ccc(S(=O)(F)=C(F)F)cc2)OC1. The molecule has 1 aliphatic heterocycles. The van der Waals surface area contributed by atoms with Crippen molar-refractivity contribution >= 4 is 33.1 Å². The number of halogens is 3. The Kier molecular flexibility index (Phi) is 6.97. The lowest BCUT2D eigenvalue weighted by Crippen LogP contribution is -2.32. The lowest BCUT2D eigenvalue weighted by Gasteiger charge is -2.26. The van der Waals surface area contributed by atoms with Crippen LogP contribution in [-0.4, -0.2) is 40.6 Å². The van der Waals surface area contributed by atoms with Gasteiger partial charge in [-0.3, -0.25) is 0 Å². The summed E-state index contributed by atoms with van der Waals surface area (Å²) in [5.41, 5.74) is 0.658. The highest BCUT2D eigenvalue weighted by Gasteiger charge is 2.19. The molecule has 1 saturated heterocycles. The summed E-state index contributed by atoms with van der Waals surface area (Å²) in [6.45, 7) is 1.26. The van der Waals surface area contributed by atoms with Crippen molar-refractivity contribution < 1.29 is 26.3 Å². The van der Waals surface area contributed by atoms with Crippen LogP contribution in [0.15, 0.2) is 47.4 Å². The molecular formula is C16H17F3O3S2. The number of allylic oxidation sites excluding steroid dienone is 2. The molecule has 132 valence electrons. The zero-order valence-electron chi connectivity index (χ0n) is 12.9. The van der Waals surface area contributed by atoms with E-state index in [1.54, 1.807) is 36.1 Å². The molecule has 1 aliphatic rings. The van der Waals surface area contributed by atoms with E-state index >= 15 is 0 Å². The molecule has 1 aromatic carbocycles. The predicted molar refractivity (Wildman–Crippen MR) is 92.4 cm³/mol. The van der Waals surface area contributed by atoms with Gasteiger partial charge < -0.3 is 9.47 Å². The highest BCUT2D eigenvalue weighted by Crippen LogP contribution is 2.18. The van der Waals surface area contributed by atoms with E-state index < -0.39 is 20.2 Å². The number of benzene rings is 1. The second-order valence-electron chi connectivity index (χ2n) is 4.92. The van der Waals surface area contributed by atoms with Gasteiger partial charge in [-0.2, -0.15) is 20.5 Å². The molecule has 1 unspecified atom stereocenters.